The van der Waals surface area contributed by atoms with Gasteiger partial charge in [0.25, 0.3) is 0 Å². The van der Waals surface area contributed by atoms with Crippen molar-refractivity contribution in [2.75, 3.05) is 19.6 Å². The lowest BCUT2D eigenvalue weighted by molar-refractivity contribution is 0.690. The van der Waals surface area contributed by atoms with Crippen LogP contribution < -0.4 is 10.6 Å². The number of unbranched alkanes of at least 4 members (excludes halogenated alkanes) is 2. The van der Waals surface area contributed by atoms with Gasteiger partial charge in [0.15, 0.2) is 5.96 Å². The van der Waals surface area contributed by atoms with Crippen LogP contribution >= 0.6 is 0 Å². The van der Waals surface area contributed by atoms with Gasteiger partial charge in [-0.1, -0.05) is 19.8 Å². The van der Waals surface area contributed by atoms with Crippen LogP contribution in [0.25, 0.3) is 0 Å². The molecule has 0 aromatic heterocycles. The van der Waals surface area contributed by atoms with E-state index < -0.39 is 0 Å². The Balaban J connectivity index is 1.94. The first kappa shape index (κ1) is 8.37. The van der Waals surface area contributed by atoms with Crippen molar-refractivity contribution in [3.05, 3.63) is 0 Å². The summed E-state index contributed by atoms with van der Waals surface area (Å²) in [4.78, 5) is 4.23. The number of aliphatic imine (C=N–C) groups is 1. The van der Waals surface area contributed by atoms with Crippen molar-refractivity contribution >= 4 is 5.96 Å². The van der Waals surface area contributed by atoms with Crippen LogP contribution in [0.2, 0.25) is 0 Å². The van der Waals surface area contributed by atoms with E-state index in [1.54, 1.807) is 0 Å². The molecule has 1 aliphatic rings. The Hall–Kier alpha value is -0.730. The molecule has 0 saturated carbocycles. The van der Waals surface area contributed by atoms with E-state index in [4.69, 9.17) is 0 Å². The molecule has 11 heavy (non-hydrogen) atoms. The summed E-state index contributed by atoms with van der Waals surface area (Å²) in [6, 6.07) is 0. The molecule has 0 unspecified atom stereocenters. The van der Waals surface area contributed by atoms with Crippen LogP contribution in [0, 0.1) is 0 Å². The highest BCUT2D eigenvalue weighted by Crippen LogP contribution is 1.91. The van der Waals surface area contributed by atoms with Gasteiger partial charge >= 0.3 is 0 Å². The van der Waals surface area contributed by atoms with Crippen LogP contribution in [0.5, 0.6) is 0 Å². The van der Waals surface area contributed by atoms with E-state index >= 15 is 0 Å². The minimum atomic E-state index is 0.927. The van der Waals surface area contributed by atoms with E-state index in [1.165, 1.54) is 19.3 Å². The number of hydrogen-bond donors (Lipinski definition) is 2. The van der Waals surface area contributed by atoms with Crippen LogP contribution in [-0.4, -0.2) is 25.6 Å². The predicted octanol–water partition coefficient (Wildman–Crippen LogP) is 0.725. The first-order chi connectivity index (χ1) is 5.43. The van der Waals surface area contributed by atoms with Gasteiger partial charge in [0.1, 0.15) is 0 Å². The van der Waals surface area contributed by atoms with Gasteiger partial charge in [0, 0.05) is 13.1 Å². The third kappa shape index (κ3) is 3.25. The molecular formula is C8H17N3. The Morgan fingerprint density at radius 2 is 2.45 bits per heavy atom. The molecule has 1 aliphatic heterocycles. The van der Waals surface area contributed by atoms with Crippen molar-refractivity contribution in [2.45, 2.75) is 26.2 Å². The number of rotatable bonds is 4. The van der Waals surface area contributed by atoms with E-state index in [1.807, 2.05) is 0 Å². The summed E-state index contributed by atoms with van der Waals surface area (Å²) in [6.07, 6.45) is 3.83. The zero-order chi connectivity index (χ0) is 7.94. The van der Waals surface area contributed by atoms with Gasteiger partial charge in [0.2, 0.25) is 0 Å². The van der Waals surface area contributed by atoms with Crippen LogP contribution in [0.3, 0.4) is 0 Å². The molecule has 64 valence electrons. The summed E-state index contributed by atoms with van der Waals surface area (Å²) in [7, 11) is 0. The highest BCUT2D eigenvalue weighted by Gasteiger charge is 2.01. The topological polar surface area (TPSA) is 36.4 Å². The molecule has 1 heterocycles. The summed E-state index contributed by atoms with van der Waals surface area (Å²) in [5.74, 6) is 0.987. The molecule has 0 fully saturated rings. The summed E-state index contributed by atoms with van der Waals surface area (Å²) < 4.78 is 0. The van der Waals surface area contributed by atoms with Crippen molar-refractivity contribution < 1.29 is 0 Å². The molecule has 0 bridgehead atoms. The Morgan fingerprint density at radius 1 is 1.55 bits per heavy atom. The minimum absolute atomic E-state index is 0.927. The minimum Gasteiger partial charge on any atom is -0.356 e. The molecule has 0 radical (unpaired) electrons. The monoisotopic (exact) mass is 155 g/mol. The lowest BCUT2D eigenvalue weighted by atomic mass is 10.2. The molecule has 3 nitrogen and oxygen atoms in total. The molecule has 2 N–H and O–H groups in total. The largest absolute Gasteiger partial charge is 0.356 e. The molecule has 0 atom stereocenters. The summed E-state index contributed by atoms with van der Waals surface area (Å²) in [5, 5.41) is 6.43. The van der Waals surface area contributed by atoms with Gasteiger partial charge in [0.05, 0.1) is 6.54 Å². The number of guanidine groups is 1. The van der Waals surface area contributed by atoms with Gasteiger partial charge in [-0.2, -0.15) is 0 Å². The van der Waals surface area contributed by atoms with E-state index in [0.717, 1.165) is 25.6 Å². The third-order valence-electron chi connectivity index (χ3n) is 1.75. The van der Waals surface area contributed by atoms with Crippen LogP contribution in [0.15, 0.2) is 4.99 Å². The predicted molar refractivity (Wildman–Crippen MR) is 47.8 cm³/mol. The van der Waals surface area contributed by atoms with Crippen LogP contribution in [-0.2, 0) is 0 Å². The van der Waals surface area contributed by atoms with E-state index in [9.17, 15) is 0 Å². The average molecular weight is 155 g/mol. The molecular weight excluding hydrogens is 138 g/mol. The quantitative estimate of drug-likeness (QED) is 0.587. The van der Waals surface area contributed by atoms with E-state index in [0.29, 0.717) is 0 Å². The molecule has 0 aromatic carbocycles. The van der Waals surface area contributed by atoms with Gasteiger partial charge in [-0.15, -0.1) is 0 Å². The van der Waals surface area contributed by atoms with Crippen molar-refractivity contribution in [2.24, 2.45) is 4.99 Å². The summed E-state index contributed by atoms with van der Waals surface area (Å²) in [6.45, 7) is 5.19. The molecule has 1 rings (SSSR count). The first-order valence-electron chi connectivity index (χ1n) is 4.45. The van der Waals surface area contributed by atoms with Gasteiger partial charge in [-0.05, 0) is 6.42 Å². The second-order valence-corrected chi connectivity index (χ2v) is 2.79. The second kappa shape index (κ2) is 4.99. The van der Waals surface area contributed by atoms with Crippen molar-refractivity contribution in [1.29, 1.82) is 0 Å². The lowest BCUT2D eigenvalue weighted by Crippen LogP contribution is -2.34. The maximum absolute atomic E-state index is 4.23. The van der Waals surface area contributed by atoms with Crippen molar-refractivity contribution in [3.8, 4) is 0 Å². The second-order valence-electron chi connectivity index (χ2n) is 2.79. The van der Waals surface area contributed by atoms with Crippen molar-refractivity contribution in [3.63, 3.8) is 0 Å². The fraction of sp³-hybridized carbons (Fsp3) is 0.875. The Labute approximate surface area is 68.3 Å². The summed E-state index contributed by atoms with van der Waals surface area (Å²) in [5.41, 5.74) is 0. The first-order valence-corrected chi connectivity index (χ1v) is 4.45. The van der Waals surface area contributed by atoms with E-state index in [2.05, 4.69) is 22.5 Å². The third-order valence-corrected chi connectivity index (χ3v) is 1.75. The van der Waals surface area contributed by atoms with Gasteiger partial charge in [-0.25, -0.2) is 0 Å². The highest BCUT2D eigenvalue weighted by atomic mass is 15.2. The standard InChI is InChI=1S/C8H17N3/c1-2-3-4-5-9-8-10-6-7-11-8/h2-7H2,1H3,(H2,9,10,11). The fourth-order valence-corrected chi connectivity index (χ4v) is 1.10. The van der Waals surface area contributed by atoms with Crippen molar-refractivity contribution in [1.82, 2.24) is 10.6 Å². The molecule has 0 aliphatic carbocycles. The Morgan fingerprint density at radius 3 is 3.09 bits per heavy atom. The van der Waals surface area contributed by atoms with Gasteiger partial charge in [-0.3, -0.25) is 4.99 Å². The zero-order valence-electron chi connectivity index (χ0n) is 7.19. The lowest BCUT2D eigenvalue weighted by Gasteiger charge is -2.04. The fourth-order valence-electron chi connectivity index (χ4n) is 1.10. The molecule has 0 amide bonds. The highest BCUT2D eigenvalue weighted by molar-refractivity contribution is 5.81. The summed E-state index contributed by atoms with van der Waals surface area (Å²) >= 11 is 0. The number of hydrogen-bond acceptors (Lipinski definition) is 3. The zero-order valence-corrected chi connectivity index (χ0v) is 7.19. The van der Waals surface area contributed by atoms with Crippen LogP contribution in [0.4, 0.5) is 0 Å². The van der Waals surface area contributed by atoms with E-state index in [-0.39, 0.29) is 0 Å². The number of nitrogens with one attached hydrogen (secondary N) is 2. The smallest absolute Gasteiger partial charge is 0.191 e. The van der Waals surface area contributed by atoms with Crippen LogP contribution in [0.1, 0.15) is 26.2 Å². The molecule has 3 heteroatoms. The molecule has 0 spiro atoms. The SMILES string of the molecule is CCCCCNC1=NCCN1. The number of nitrogens with zero attached hydrogens (tertiary/aromatic N) is 1. The average Bonchev–Trinajstić information content (AvgIpc) is 2.50. The Kier molecular flexibility index (Phi) is 3.80. The molecule has 0 aromatic rings. The maximum Gasteiger partial charge on any atom is 0.191 e. The molecule has 0 saturated heterocycles. The Bertz CT molecular complexity index is 131. The maximum atomic E-state index is 4.23. The van der Waals surface area contributed by atoms with Gasteiger partial charge < -0.3 is 10.6 Å². The normalized spacial score (nSPS) is 15.9.